The van der Waals surface area contributed by atoms with E-state index in [2.05, 4.69) is 21.3 Å². The van der Waals surface area contributed by atoms with Crippen molar-refractivity contribution < 1.29 is 38.2 Å². The summed E-state index contributed by atoms with van der Waals surface area (Å²) in [6.07, 6.45) is -0.438. The normalized spacial score (nSPS) is 14.6. The van der Waals surface area contributed by atoms with Gasteiger partial charge in [0.2, 0.25) is 23.6 Å². The number of hydrogen-bond donors (Lipinski definition) is 5. The molecule has 5 atom stereocenters. The van der Waals surface area contributed by atoms with Crippen molar-refractivity contribution in [3.8, 4) is 0 Å². The van der Waals surface area contributed by atoms with E-state index in [0.29, 0.717) is 6.42 Å². The molecular weight excluding hydrogens is 582 g/mol. The van der Waals surface area contributed by atoms with Crippen molar-refractivity contribution in [1.82, 2.24) is 21.3 Å². The van der Waals surface area contributed by atoms with Crippen molar-refractivity contribution in [2.24, 2.45) is 17.6 Å². The van der Waals surface area contributed by atoms with E-state index in [1.165, 1.54) is 6.92 Å². The average Bonchev–Trinajstić information content (AvgIpc) is 2.94. The van der Waals surface area contributed by atoms with Gasteiger partial charge in [0.05, 0.1) is 0 Å². The van der Waals surface area contributed by atoms with Gasteiger partial charge in [-0.3, -0.25) is 24.0 Å². The lowest BCUT2D eigenvalue weighted by Crippen LogP contribution is -2.59. The topological polar surface area (TPSA) is 195 Å². The van der Waals surface area contributed by atoms with E-state index in [-0.39, 0.29) is 37.7 Å². The Morgan fingerprint density at radius 1 is 0.822 bits per heavy atom. The number of primary amides is 1. The molecule has 0 aliphatic heterocycles. The van der Waals surface area contributed by atoms with Gasteiger partial charge in [-0.05, 0) is 57.9 Å². The van der Waals surface area contributed by atoms with Gasteiger partial charge in [0, 0.05) is 6.42 Å². The van der Waals surface area contributed by atoms with Crippen molar-refractivity contribution in [1.29, 1.82) is 0 Å². The number of alkyl carbamates (subject to hydrolysis) is 1. The predicted molar refractivity (Wildman–Crippen MR) is 168 cm³/mol. The summed E-state index contributed by atoms with van der Waals surface area (Å²) in [6, 6.07) is 4.69. The second kappa shape index (κ2) is 18.6. The minimum atomic E-state index is -1.27. The molecule has 13 nitrogen and oxygen atoms in total. The van der Waals surface area contributed by atoms with Crippen LogP contribution in [-0.2, 0) is 40.1 Å². The SMILES string of the molecule is CC[C@H](C)[C@H](NC(=O)[C@H](CCC(=O)OCc1ccccc1)NC(=O)[C@H](CC(C)C)NC(=O)OC(C)(C)C)C(=O)N[C@@H](C)C(N)=O. The fraction of sp³-hybridized carbons (Fsp3) is 0.625. The summed E-state index contributed by atoms with van der Waals surface area (Å²) in [5, 5.41) is 10.4. The van der Waals surface area contributed by atoms with Crippen LogP contribution in [0.25, 0.3) is 0 Å². The van der Waals surface area contributed by atoms with Crippen LogP contribution in [0.1, 0.15) is 86.6 Å². The van der Waals surface area contributed by atoms with Gasteiger partial charge in [0.1, 0.15) is 36.4 Å². The molecule has 5 amide bonds. The fourth-order valence-corrected chi connectivity index (χ4v) is 4.10. The number of carbonyl (C=O) groups excluding carboxylic acids is 6. The Morgan fingerprint density at radius 2 is 1.42 bits per heavy atom. The zero-order valence-electron chi connectivity index (χ0n) is 27.7. The lowest BCUT2D eigenvalue weighted by atomic mass is 9.97. The molecule has 0 heterocycles. The minimum absolute atomic E-state index is 0.0124. The van der Waals surface area contributed by atoms with E-state index < -0.39 is 65.5 Å². The van der Waals surface area contributed by atoms with Crippen molar-refractivity contribution in [2.75, 3.05) is 0 Å². The number of ether oxygens (including phenoxy) is 2. The van der Waals surface area contributed by atoms with Crippen LogP contribution in [-0.4, -0.2) is 65.5 Å². The smallest absolute Gasteiger partial charge is 0.408 e. The largest absolute Gasteiger partial charge is 0.461 e. The summed E-state index contributed by atoms with van der Waals surface area (Å²) in [6.45, 7) is 13.8. The van der Waals surface area contributed by atoms with Crippen LogP contribution >= 0.6 is 0 Å². The number of carbonyl (C=O) groups is 6. The second-order valence-corrected chi connectivity index (χ2v) is 12.6. The summed E-state index contributed by atoms with van der Waals surface area (Å²) in [4.78, 5) is 76.8. The van der Waals surface area contributed by atoms with Crippen molar-refractivity contribution in [3.05, 3.63) is 35.9 Å². The van der Waals surface area contributed by atoms with E-state index in [9.17, 15) is 28.8 Å². The van der Waals surface area contributed by atoms with Gasteiger partial charge in [-0.15, -0.1) is 0 Å². The standard InChI is InChI=1S/C32H51N5O8/c1-9-20(4)26(30(42)34-21(5)27(33)39)37-28(40)23(15-16-25(38)44-18-22-13-11-10-12-14-22)35-29(41)24(17-19(2)3)36-31(43)45-32(6,7)8/h10-14,19-21,23-24,26H,9,15-18H2,1-8H3,(H2,33,39)(H,34,42)(H,35,41)(H,36,43)(H,37,40)/t20-,21-,23-,24-,26-/m0/s1. The van der Waals surface area contributed by atoms with Crippen LogP contribution in [0.3, 0.4) is 0 Å². The summed E-state index contributed by atoms with van der Waals surface area (Å²) in [5.74, 6) is -3.73. The Bertz CT molecular complexity index is 1150. The fourth-order valence-electron chi connectivity index (χ4n) is 4.10. The van der Waals surface area contributed by atoms with Gasteiger partial charge in [0.25, 0.3) is 0 Å². The molecule has 0 aromatic heterocycles. The molecule has 6 N–H and O–H groups in total. The van der Waals surface area contributed by atoms with Crippen molar-refractivity contribution in [2.45, 2.75) is 117 Å². The maximum Gasteiger partial charge on any atom is 0.408 e. The first-order chi connectivity index (χ1) is 20.9. The van der Waals surface area contributed by atoms with E-state index in [1.807, 2.05) is 39.0 Å². The third-order valence-corrected chi connectivity index (χ3v) is 6.81. The third kappa shape index (κ3) is 15.4. The second-order valence-electron chi connectivity index (χ2n) is 12.6. The van der Waals surface area contributed by atoms with Gasteiger partial charge in [-0.2, -0.15) is 0 Å². The zero-order chi connectivity index (χ0) is 34.3. The molecule has 1 aromatic rings. The average molecular weight is 634 g/mol. The van der Waals surface area contributed by atoms with Crippen LogP contribution < -0.4 is 27.0 Å². The van der Waals surface area contributed by atoms with Crippen LogP contribution in [0.15, 0.2) is 30.3 Å². The van der Waals surface area contributed by atoms with Crippen molar-refractivity contribution in [3.63, 3.8) is 0 Å². The molecule has 0 radical (unpaired) electrons. The van der Waals surface area contributed by atoms with Gasteiger partial charge in [0.15, 0.2) is 0 Å². The molecule has 0 spiro atoms. The van der Waals surface area contributed by atoms with E-state index in [4.69, 9.17) is 15.2 Å². The molecule has 0 saturated carbocycles. The first kappa shape index (κ1) is 38.9. The molecule has 1 aromatic carbocycles. The molecule has 0 unspecified atom stereocenters. The molecule has 1 rings (SSSR count). The zero-order valence-corrected chi connectivity index (χ0v) is 27.7. The number of nitrogens with one attached hydrogen (secondary N) is 4. The Balaban J connectivity index is 3.20. The van der Waals surface area contributed by atoms with Crippen molar-refractivity contribution >= 4 is 35.7 Å². The number of benzene rings is 1. The Hall–Kier alpha value is -4.16. The monoisotopic (exact) mass is 633 g/mol. The number of esters is 1. The molecule has 0 aliphatic rings. The predicted octanol–water partition coefficient (Wildman–Crippen LogP) is 2.46. The maximum absolute atomic E-state index is 13.6. The van der Waals surface area contributed by atoms with E-state index >= 15 is 0 Å². The highest BCUT2D eigenvalue weighted by molar-refractivity contribution is 5.95. The Labute approximate surface area is 266 Å². The van der Waals surface area contributed by atoms with E-state index in [0.717, 1.165) is 5.56 Å². The van der Waals surface area contributed by atoms with Crippen LogP contribution in [0.2, 0.25) is 0 Å². The Kier molecular flexibility index (Phi) is 16.1. The lowest BCUT2D eigenvalue weighted by Gasteiger charge is -2.28. The van der Waals surface area contributed by atoms with Gasteiger partial charge in [-0.25, -0.2) is 4.79 Å². The van der Waals surface area contributed by atoms with E-state index in [1.54, 1.807) is 39.8 Å². The third-order valence-electron chi connectivity index (χ3n) is 6.81. The Morgan fingerprint density at radius 3 is 1.96 bits per heavy atom. The molecule has 0 bridgehead atoms. The number of amides is 5. The van der Waals surface area contributed by atoms with Crippen LogP contribution in [0, 0.1) is 11.8 Å². The van der Waals surface area contributed by atoms with Crippen LogP contribution in [0.4, 0.5) is 4.79 Å². The highest BCUT2D eigenvalue weighted by atomic mass is 16.6. The first-order valence-corrected chi connectivity index (χ1v) is 15.3. The minimum Gasteiger partial charge on any atom is -0.461 e. The van der Waals surface area contributed by atoms with Gasteiger partial charge < -0.3 is 36.5 Å². The number of rotatable bonds is 17. The molecular formula is C32H51N5O8. The summed E-state index contributed by atoms with van der Waals surface area (Å²) in [5.41, 5.74) is 5.27. The maximum atomic E-state index is 13.6. The van der Waals surface area contributed by atoms with Gasteiger partial charge in [-0.1, -0.05) is 64.4 Å². The first-order valence-electron chi connectivity index (χ1n) is 15.3. The molecule has 0 saturated heterocycles. The highest BCUT2D eigenvalue weighted by Crippen LogP contribution is 2.13. The molecule has 0 fully saturated rings. The molecule has 252 valence electrons. The molecule has 45 heavy (non-hydrogen) atoms. The summed E-state index contributed by atoms with van der Waals surface area (Å²) < 4.78 is 10.7. The summed E-state index contributed by atoms with van der Waals surface area (Å²) >= 11 is 0. The lowest BCUT2D eigenvalue weighted by molar-refractivity contribution is -0.145. The van der Waals surface area contributed by atoms with Gasteiger partial charge >= 0.3 is 12.1 Å². The molecule has 0 aliphatic carbocycles. The molecule has 13 heteroatoms. The number of nitrogens with two attached hydrogens (primary N) is 1. The quantitative estimate of drug-likeness (QED) is 0.161. The summed E-state index contributed by atoms with van der Waals surface area (Å²) in [7, 11) is 0. The number of hydrogen-bond acceptors (Lipinski definition) is 8. The highest BCUT2D eigenvalue weighted by Gasteiger charge is 2.33. The van der Waals surface area contributed by atoms with Crippen LogP contribution in [0.5, 0.6) is 0 Å².